The Morgan fingerprint density at radius 1 is 1.21 bits per heavy atom. The van der Waals surface area contributed by atoms with Gasteiger partial charge in [-0.2, -0.15) is 9.67 Å². The van der Waals surface area contributed by atoms with Crippen molar-refractivity contribution in [3.8, 4) is 0 Å². The largest absolute Gasteiger partial charge is 0.457 e. The van der Waals surface area contributed by atoms with E-state index in [1.807, 2.05) is 18.5 Å². The molecule has 4 heterocycles. The third-order valence-corrected chi connectivity index (χ3v) is 4.81. The van der Waals surface area contributed by atoms with E-state index >= 15 is 0 Å². The molecule has 4 aromatic heterocycles. The number of furan rings is 1. The van der Waals surface area contributed by atoms with Crippen LogP contribution >= 0.6 is 0 Å². The zero-order valence-corrected chi connectivity index (χ0v) is 14.4. The van der Waals surface area contributed by atoms with Gasteiger partial charge in [0, 0.05) is 48.7 Å². The normalized spacial score (nSPS) is 12.5. The summed E-state index contributed by atoms with van der Waals surface area (Å²) in [4.78, 5) is 4.35. The van der Waals surface area contributed by atoms with E-state index in [4.69, 9.17) is 4.42 Å². The molecule has 0 unspecified atom stereocenters. The molecule has 0 aliphatic rings. The number of aromatic amines is 1. The molecule has 1 N–H and O–H groups in total. The van der Waals surface area contributed by atoms with E-state index in [1.54, 1.807) is 6.26 Å². The molecule has 0 spiro atoms. The van der Waals surface area contributed by atoms with Crippen molar-refractivity contribution in [2.75, 3.05) is 0 Å². The van der Waals surface area contributed by atoms with Gasteiger partial charge in [-0.1, -0.05) is 13.8 Å². The molecule has 5 heteroatoms. The summed E-state index contributed by atoms with van der Waals surface area (Å²) in [5.74, 6) is 0.415. The number of pyridine rings is 2. The highest BCUT2D eigenvalue weighted by Crippen LogP contribution is 2.30. The van der Waals surface area contributed by atoms with E-state index in [0.29, 0.717) is 5.92 Å². The maximum Gasteiger partial charge on any atom is 0.252 e. The summed E-state index contributed by atoms with van der Waals surface area (Å²) in [5.41, 5.74) is 4.99. The van der Waals surface area contributed by atoms with Crippen LogP contribution in [0.3, 0.4) is 0 Å². The molecule has 24 heavy (non-hydrogen) atoms. The molecule has 122 valence electrons. The number of hydrogen-bond acceptors (Lipinski definition) is 3. The van der Waals surface area contributed by atoms with E-state index in [-0.39, 0.29) is 5.54 Å². The smallest absolute Gasteiger partial charge is 0.252 e. The first kappa shape index (κ1) is 14.9. The first-order chi connectivity index (χ1) is 11.5. The maximum absolute atomic E-state index is 5.80. The minimum Gasteiger partial charge on any atom is -0.457 e. The topological polar surface area (TPSA) is 58.6 Å². The summed E-state index contributed by atoms with van der Waals surface area (Å²) in [6.45, 7) is 8.78. The van der Waals surface area contributed by atoms with Crippen LogP contribution in [0.5, 0.6) is 0 Å². The molecule has 0 aliphatic heterocycles. The highest BCUT2D eigenvalue weighted by molar-refractivity contribution is 5.79. The van der Waals surface area contributed by atoms with Gasteiger partial charge in [-0.3, -0.25) is 5.10 Å². The minimum absolute atomic E-state index is 0.275. The first-order valence-corrected chi connectivity index (χ1v) is 8.21. The highest BCUT2D eigenvalue weighted by atomic mass is 16.3. The Kier molecular flexibility index (Phi) is 3.20. The van der Waals surface area contributed by atoms with Gasteiger partial charge in [-0.25, -0.2) is 4.98 Å². The van der Waals surface area contributed by atoms with Gasteiger partial charge < -0.3 is 4.42 Å². The van der Waals surface area contributed by atoms with Gasteiger partial charge in [0.05, 0.1) is 12.5 Å². The Morgan fingerprint density at radius 2 is 2.04 bits per heavy atom. The summed E-state index contributed by atoms with van der Waals surface area (Å²) in [6.07, 6.45) is 7.59. The molecule has 0 radical (unpaired) electrons. The molecule has 5 nitrogen and oxygen atoms in total. The van der Waals surface area contributed by atoms with E-state index < -0.39 is 0 Å². The zero-order chi connectivity index (χ0) is 16.9. The van der Waals surface area contributed by atoms with Gasteiger partial charge in [-0.15, -0.1) is 0 Å². The van der Waals surface area contributed by atoms with Crippen LogP contribution in [0.4, 0.5) is 0 Å². The third-order valence-electron chi connectivity index (χ3n) is 4.81. The molecule has 0 fully saturated rings. The molecule has 4 rings (SSSR count). The second-order valence-corrected chi connectivity index (χ2v) is 6.98. The van der Waals surface area contributed by atoms with Crippen molar-refractivity contribution in [3.63, 3.8) is 0 Å². The van der Waals surface area contributed by atoms with Gasteiger partial charge in [0.1, 0.15) is 0 Å². The molecular weight excluding hydrogens is 300 g/mol. The van der Waals surface area contributed by atoms with E-state index in [1.165, 1.54) is 11.1 Å². The fourth-order valence-corrected chi connectivity index (χ4v) is 3.48. The molecule has 0 saturated heterocycles. The number of hydrogen-bond donors (Lipinski definition) is 1. The second-order valence-electron chi connectivity index (χ2n) is 6.98. The summed E-state index contributed by atoms with van der Waals surface area (Å²) >= 11 is 0. The number of aromatic nitrogens is 4. The number of rotatable bonds is 3. The lowest BCUT2D eigenvalue weighted by Crippen LogP contribution is -2.53. The van der Waals surface area contributed by atoms with Gasteiger partial charge in [0.15, 0.2) is 17.4 Å². The summed E-state index contributed by atoms with van der Waals surface area (Å²) < 4.78 is 8.07. The van der Waals surface area contributed by atoms with Crippen LogP contribution in [-0.4, -0.2) is 15.2 Å². The van der Waals surface area contributed by atoms with Crippen LogP contribution in [0, 0.1) is 0 Å². The zero-order valence-electron chi connectivity index (χ0n) is 14.4. The van der Waals surface area contributed by atoms with Gasteiger partial charge in [0.25, 0.3) is 5.52 Å². The molecule has 0 atom stereocenters. The van der Waals surface area contributed by atoms with Crippen LogP contribution in [0.1, 0.15) is 44.7 Å². The lowest BCUT2D eigenvalue weighted by molar-refractivity contribution is -0.723. The van der Waals surface area contributed by atoms with Gasteiger partial charge >= 0.3 is 0 Å². The fraction of sp³-hybridized carbons (Fsp3) is 0.316. The Balaban J connectivity index is 1.98. The molecule has 0 bridgehead atoms. The Hall–Kier alpha value is -2.69. The lowest BCUT2D eigenvalue weighted by Gasteiger charge is -2.21. The standard InChI is InChI=1S/C19H21N4O/c1-12(2)13-6-9-23(16-7-10-24-17(13)16)19(3,4)15-5-8-20-18-14(15)11-21-22-18/h5-12H,1-4H3,(H,20,21,22)/q+1. The van der Waals surface area contributed by atoms with Gasteiger partial charge in [-0.05, 0) is 12.0 Å². The third kappa shape index (κ3) is 2.04. The Labute approximate surface area is 140 Å². The molecule has 0 aromatic carbocycles. The van der Waals surface area contributed by atoms with Crippen LogP contribution in [0.25, 0.3) is 22.1 Å². The van der Waals surface area contributed by atoms with Crippen molar-refractivity contribution < 1.29 is 8.98 Å². The Morgan fingerprint density at radius 3 is 2.83 bits per heavy atom. The van der Waals surface area contributed by atoms with Gasteiger partial charge in [0.2, 0.25) is 5.58 Å². The van der Waals surface area contributed by atoms with Crippen molar-refractivity contribution in [3.05, 3.63) is 54.2 Å². The minimum atomic E-state index is -0.275. The second kappa shape index (κ2) is 5.16. The first-order valence-electron chi connectivity index (χ1n) is 8.21. The quantitative estimate of drug-likeness (QED) is 0.582. The number of H-pyrrole nitrogens is 1. The lowest BCUT2D eigenvalue weighted by atomic mass is 9.91. The molecule has 0 saturated carbocycles. The van der Waals surface area contributed by atoms with E-state index in [0.717, 1.165) is 22.1 Å². The SMILES string of the molecule is CC(C)c1cc[n+](C(C)(C)c2ccnc3[nH]ncc23)c2ccoc12. The summed E-state index contributed by atoms with van der Waals surface area (Å²) in [7, 11) is 0. The predicted molar refractivity (Wildman–Crippen MR) is 92.8 cm³/mol. The Bertz CT molecular complexity index is 1030. The van der Waals surface area contributed by atoms with Crippen molar-refractivity contribution in [1.82, 2.24) is 15.2 Å². The van der Waals surface area contributed by atoms with Crippen LogP contribution in [0.15, 0.2) is 47.5 Å². The van der Waals surface area contributed by atoms with E-state index in [9.17, 15) is 0 Å². The molecular formula is C19H21N4O+. The monoisotopic (exact) mass is 321 g/mol. The summed E-state index contributed by atoms with van der Waals surface area (Å²) in [6, 6.07) is 6.26. The molecule has 4 aromatic rings. The predicted octanol–water partition coefficient (Wildman–Crippen LogP) is 3.90. The number of nitrogens with zero attached hydrogens (tertiary/aromatic N) is 3. The highest BCUT2D eigenvalue weighted by Gasteiger charge is 2.36. The van der Waals surface area contributed by atoms with Crippen molar-refractivity contribution in [2.45, 2.75) is 39.2 Å². The fourth-order valence-electron chi connectivity index (χ4n) is 3.48. The summed E-state index contributed by atoms with van der Waals surface area (Å²) in [5, 5.41) is 8.14. The van der Waals surface area contributed by atoms with E-state index in [2.05, 4.69) is 65.8 Å². The van der Waals surface area contributed by atoms with Crippen LogP contribution in [0.2, 0.25) is 0 Å². The average molecular weight is 321 g/mol. The van der Waals surface area contributed by atoms with Crippen molar-refractivity contribution in [2.24, 2.45) is 0 Å². The number of fused-ring (bicyclic) bond motifs is 2. The average Bonchev–Trinajstić information content (AvgIpc) is 3.21. The van der Waals surface area contributed by atoms with Crippen molar-refractivity contribution in [1.29, 1.82) is 0 Å². The van der Waals surface area contributed by atoms with Crippen LogP contribution in [-0.2, 0) is 5.54 Å². The van der Waals surface area contributed by atoms with Crippen LogP contribution < -0.4 is 4.57 Å². The maximum atomic E-state index is 5.80. The molecule has 0 amide bonds. The van der Waals surface area contributed by atoms with Crippen molar-refractivity contribution >= 4 is 22.1 Å². The molecule has 0 aliphatic carbocycles. The number of nitrogens with one attached hydrogen (secondary N) is 1.